The minimum atomic E-state index is -0.493. The Labute approximate surface area is 161 Å². The van der Waals surface area contributed by atoms with Crippen LogP contribution in [-0.2, 0) is 17.8 Å². The van der Waals surface area contributed by atoms with Crippen LogP contribution in [0.4, 0.5) is 0 Å². The van der Waals surface area contributed by atoms with Gasteiger partial charge in [-0.2, -0.15) is 0 Å². The van der Waals surface area contributed by atoms with E-state index in [1.807, 2.05) is 23.1 Å². The van der Waals surface area contributed by atoms with E-state index in [0.717, 1.165) is 32.5 Å². The van der Waals surface area contributed by atoms with Gasteiger partial charge in [0.05, 0.1) is 6.10 Å². The first-order valence-electron chi connectivity index (χ1n) is 9.99. The molecule has 1 N–H and O–H groups in total. The zero-order valence-corrected chi connectivity index (χ0v) is 15.8. The van der Waals surface area contributed by atoms with Gasteiger partial charge in [-0.15, -0.1) is 0 Å². The van der Waals surface area contributed by atoms with Crippen molar-refractivity contribution in [3.8, 4) is 0 Å². The van der Waals surface area contributed by atoms with Crippen molar-refractivity contribution in [3.63, 3.8) is 0 Å². The van der Waals surface area contributed by atoms with E-state index in [2.05, 4.69) is 41.3 Å². The van der Waals surface area contributed by atoms with Gasteiger partial charge in [0.25, 0.3) is 0 Å². The van der Waals surface area contributed by atoms with Gasteiger partial charge >= 0.3 is 0 Å². The summed E-state index contributed by atoms with van der Waals surface area (Å²) in [7, 11) is 0. The maximum Gasteiger partial charge on any atom is 0.223 e. The Kier molecular flexibility index (Phi) is 5.55. The highest BCUT2D eigenvalue weighted by molar-refractivity contribution is 5.78. The van der Waals surface area contributed by atoms with Crippen molar-refractivity contribution in [3.05, 3.63) is 71.3 Å². The van der Waals surface area contributed by atoms with Gasteiger partial charge in [-0.05, 0) is 35.4 Å². The average molecular weight is 364 g/mol. The van der Waals surface area contributed by atoms with Crippen molar-refractivity contribution in [2.24, 2.45) is 0 Å². The molecule has 2 aliphatic rings. The molecule has 0 aromatic heterocycles. The van der Waals surface area contributed by atoms with Gasteiger partial charge in [0.15, 0.2) is 0 Å². The van der Waals surface area contributed by atoms with E-state index < -0.39 is 6.10 Å². The molecule has 0 aliphatic carbocycles. The molecule has 4 heteroatoms. The molecule has 0 bridgehead atoms. The molecule has 0 saturated carbocycles. The SMILES string of the molecule is O=C1CC(c2ccccc2)CCN1CC(O)CN1CCc2ccccc2C1. The first kappa shape index (κ1) is 18.2. The lowest BCUT2D eigenvalue weighted by atomic mass is 9.89. The summed E-state index contributed by atoms with van der Waals surface area (Å²) in [4.78, 5) is 16.7. The summed E-state index contributed by atoms with van der Waals surface area (Å²) in [5.41, 5.74) is 4.02. The second kappa shape index (κ2) is 8.24. The highest BCUT2D eigenvalue weighted by Crippen LogP contribution is 2.28. The van der Waals surface area contributed by atoms with Crippen molar-refractivity contribution in [2.45, 2.75) is 37.8 Å². The Hall–Kier alpha value is -2.17. The van der Waals surface area contributed by atoms with E-state index in [-0.39, 0.29) is 5.91 Å². The molecule has 1 saturated heterocycles. The Balaban J connectivity index is 1.28. The standard InChI is InChI=1S/C23H28N2O2/c26-22(16-24-12-10-19-8-4-5-9-21(19)15-24)17-25-13-11-20(14-23(25)27)18-6-2-1-3-7-18/h1-9,20,22,26H,10-17H2. The number of β-amino-alcohol motifs (C(OH)–C–C–N with tert-alkyl or cyclic N) is 1. The van der Waals surface area contributed by atoms with Gasteiger partial charge in [0.2, 0.25) is 5.91 Å². The largest absolute Gasteiger partial charge is 0.390 e. The van der Waals surface area contributed by atoms with Crippen LogP contribution in [0.25, 0.3) is 0 Å². The number of hydrogen-bond donors (Lipinski definition) is 1. The molecule has 2 aromatic carbocycles. The minimum absolute atomic E-state index is 0.165. The zero-order valence-electron chi connectivity index (χ0n) is 15.8. The van der Waals surface area contributed by atoms with Crippen LogP contribution in [-0.4, -0.2) is 53.1 Å². The van der Waals surface area contributed by atoms with Crippen LogP contribution in [0, 0.1) is 0 Å². The lowest BCUT2D eigenvalue weighted by Crippen LogP contribution is -2.46. The van der Waals surface area contributed by atoms with Gasteiger partial charge in [-0.3, -0.25) is 9.69 Å². The van der Waals surface area contributed by atoms with Crippen molar-refractivity contribution in [1.29, 1.82) is 0 Å². The van der Waals surface area contributed by atoms with Crippen molar-refractivity contribution in [2.75, 3.05) is 26.2 Å². The summed E-state index contributed by atoms with van der Waals surface area (Å²) < 4.78 is 0. The van der Waals surface area contributed by atoms with E-state index in [9.17, 15) is 9.90 Å². The lowest BCUT2D eigenvalue weighted by molar-refractivity contribution is -0.135. The molecule has 2 unspecified atom stereocenters. The molecule has 2 atom stereocenters. The fraction of sp³-hybridized carbons (Fsp3) is 0.435. The Morgan fingerprint density at radius 2 is 1.70 bits per heavy atom. The fourth-order valence-electron chi connectivity index (χ4n) is 4.40. The molecule has 4 rings (SSSR count). The van der Waals surface area contributed by atoms with Gasteiger partial charge in [-0.25, -0.2) is 0 Å². The first-order valence-corrected chi connectivity index (χ1v) is 9.99. The second-order valence-electron chi connectivity index (χ2n) is 7.85. The number of rotatable bonds is 5. The fourth-order valence-corrected chi connectivity index (χ4v) is 4.40. The maximum atomic E-state index is 12.6. The molecule has 0 spiro atoms. The van der Waals surface area contributed by atoms with E-state index in [4.69, 9.17) is 0 Å². The van der Waals surface area contributed by atoms with E-state index >= 15 is 0 Å². The van der Waals surface area contributed by atoms with Crippen molar-refractivity contribution < 1.29 is 9.90 Å². The second-order valence-corrected chi connectivity index (χ2v) is 7.85. The van der Waals surface area contributed by atoms with Crippen LogP contribution in [0.2, 0.25) is 0 Å². The van der Waals surface area contributed by atoms with Gasteiger partial charge < -0.3 is 10.0 Å². The third kappa shape index (κ3) is 4.40. The molecule has 0 radical (unpaired) electrons. The van der Waals surface area contributed by atoms with Crippen LogP contribution in [0.1, 0.15) is 35.4 Å². The van der Waals surface area contributed by atoms with E-state index in [1.54, 1.807) is 0 Å². The molecule has 2 aromatic rings. The topological polar surface area (TPSA) is 43.8 Å². The highest BCUT2D eigenvalue weighted by Gasteiger charge is 2.28. The monoisotopic (exact) mass is 364 g/mol. The molecular weight excluding hydrogens is 336 g/mol. The molecular formula is C23H28N2O2. The zero-order chi connectivity index (χ0) is 18.6. The Morgan fingerprint density at radius 1 is 0.963 bits per heavy atom. The number of benzene rings is 2. The molecule has 2 heterocycles. The van der Waals surface area contributed by atoms with Crippen LogP contribution < -0.4 is 0 Å². The van der Waals surface area contributed by atoms with Gasteiger partial charge in [0.1, 0.15) is 0 Å². The molecule has 1 amide bonds. The number of amides is 1. The van der Waals surface area contributed by atoms with Crippen molar-refractivity contribution >= 4 is 5.91 Å². The van der Waals surface area contributed by atoms with E-state index in [0.29, 0.717) is 25.4 Å². The number of nitrogens with zero attached hydrogens (tertiary/aromatic N) is 2. The predicted molar refractivity (Wildman–Crippen MR) is 106 cm³/mol. The normalized spacial score (nSPS) is 21.7. The summed E-state index contributed by atoms with van der Waals surface area (Å²) in [6.07, 6.45) is 2.06. The first-order chi connectivity index (χ1) is 13.2. The van der Waals surface area contributed by atoms with E-state index in [1.165, 1.54) is 16.7 Å². The van der Waals surface area contributed by atoms with Gasteiger partial charge in [-0.1, -0.05) is 54.6 Å². The number of aliphatic hydroxyl groups is 1. The quantitative estimate of drug-likeness (QED) is 0.887. The van der Waals surface area contributed by atoms with Crippen molar-refractivity contribution in [1.82, 2.24) is 9.80 Å². The Morgan fingerprint density at radius 3 is 2.48 bits per heavy atom. The molecule has 142 valence electrons. The smallest absolute Gasteiger partial charge is 0.223 e. The highest BCUT2D eigenvalue weighted by atomic mass is 16.3. The van der Waals surface area contributed by atoms with Crippen LogP contribution in [0.3, 0.4) is 0 Å². The third-order valence-corrected chi connectivity index (χ3v) is 5.90. The number of carbonyl (C=O) groups is 1. The third-order valence-electron chi connectivity index (χ3n) is 5.90. The predicted octanol–water partition coefficient (Wildman–Crippen LogP) is 2.81. The Bertz CT molecular complexity index is 777. The number of likely N-dealkylation sites (tertiary alicyclic amines) is 1. The number of hydrogen-bond acceptors (Lipinski definition) is 3. The molecule has 4 nitrogen and oxygen atoms in total. The molecule has 1 fully saturated rings. The number of carbonyl (C=O) groups excluding carboxylic acids is 1. The van der Waals surface area contributed by atoms with Crippen LogP contribution in [0.5, 0.6) is 0 Å². The van der Waals surface area contributed by atoms with Gasteiger partial charge in [0, 0.05) is 39.1 Å². The summed E-state index contributed by atoms with van der Waals surface area (Å²) in [5, 5.41) is 10.6. The maximum absolute atomic E-state index is 12.6. The molecule has 2 aliphatic heterocycles. The summed E-state index contributed by atoms with van der Waals surface area (Å²) in [5.74, 6) is 0.476. The number of fused-ring (bicyclic) bond motifs is 1. The molecule has 27 heavy (non-hydrogen) atoms. The minimum Gasteiger partial charge on any atom is -0.390 e. The summed E-state index contributed by atoms with van der Waals surface area (Å²) in [6.45, 7) is 3.66. The lowest BCUT2D eigenvalue weighted by Gasteiger charge is -2.35. The van der Waals surface area contributed by atoms with Crippen LogP contribution >= 0.6 is 0 Å². The summed E-state index contributed by atoms with van der Waals surface area (Å²) in [6, 6.07) is 18.8. The average Bonchev–Trinajstić information content (AvgIpc) is 2.70. The number of aliphatic hydroxyl groups excluding tert-OH is 1. The summed E-state index contributed by atoms with van der Waals surface area (Å²) >= 11 is 0. The number of piperidine rings is 1. The van der Waals surface area contributed by atoms with Crippen LogP contribution in [0.15, 0.2) is 54.6 Å².